The Kier molecular flexibility index (Phi) is 48.5. The Morgan fingerprint density at radius 3 is 0.707 bits per heavy atom. The second-order valence-corrected chi connectivity index (χ2v) is 19.1. The number of rotatable bonds is 46. The Bertz CT molecular complexity index is 951. The van der Waals surface area contributed by atoms with E-state index in [1.165, 1.54) is 193 Å². The van der Waals surface area contributed by atoms with E-state index in [-0.39, 0.29) is 50.6 Å². The van der Waals surface area contributed by atoms with Gasteiger partial charge in [-0.3, -0.25) is 4.55 Å². The molecule has 0 aromatic rings. The van der Waals surface area contributed by atoms with Crippen LogP contribution in [0.25, 0.3) is 0 Å². The molecule has 0 aliphatic heterocycles. The summed E-state index contributed by atoms with van der Waals surface area (Å²) in [5.74, 6) is -3.79. The first-order valence-corrected chi connectivity index (χ1v) is 26.0. The van der Waals surface area contributed by atoms with Gasteiger partial charge in [-0.2, -0.15) is 8.42 Å². The van der Waals surface area contributed by atoms with E-state index in [0.717, 1.165) is 38.5 Å². The SMILES string of the molecule is CCCCCCCCCCCCCCCCCCCCCCC(CCCCCCCCCCCCCCCCCCCCCC)(C(=O)[O-])C(C(=O)[O-])S(=O)(=O)O.[Li+].[Li+]. The average molecular weight is 827 g/mol. The second-order valence-electron chi connectivity index (χ2n) is 17.6. The number of unbranched alkanes of at least 4 members (excludes halogenated alkanes) is 38. The molecule has 0 radical (unpaired) electrons. The van der Waals surface area contributed by atoms with Crippen molar-refractivity contribution in [2.45, 2.75) is 289 Å². The van der Waals surface area contributed by atoms with E-state index in [4.69, 9.17) is 0 Å². The van der Waals surface area contributed by atoms with Crippen LogP contribution in [0.3, 0.4) is 0 Å². The molecule has 0 saturated carbocycles. The molecule has 0 bridgehead atoms. The van der Waals surface area contributed by atoms with Gasteiger partial charge in [0.2, 0.25) is 0 Å². The van der Waals surface area contributed by atoms with Gasteiger partial charge in [-0.05, 0) is 12.8 Å². The standard InChI is InChI=1S/C48H94O7S.2Li/c1-3-5-7-9-11-13-15-17-19-21-23-25-27-29-31-33-35-37-39-41-43-48(47(51)52,45(46(49)50)56(53,54)55)44-42-40-38-36-34-32-30-28-26-24-22-20-18-16-14-12-10-8-6-4-2;;/h45H,3-44H2,1-2H3,(H,49,50)(H,51,52)(H,53,54,55);;/q;2*+1/p-2. The predicted octanol–water partition coefficient (Wildman–Crippen LogP) is 7.16. The van der Waals surface area contributed by atoms with E-state index in [1.54, 1.807) is 0 Å². The molecule has 0 amide bonds. The summed E-state index contributed by atoms with van der Waals surface area (Å²) in [6.07, 6.45) is 47.9. The Hall–Kier alpha value is 0.0448. The maximum absolute atomic E-state index is 12.5. The summed E-state index contributed by atoms with van der Waals surface area (Å²) >= 11 is 0. The van der Waals surface area contributed by atoms with Crippen molar-refractivity contribution >= 4 is 22.1 Å². The summed E-state index contributed by atoms with van der Waals surface area (Å²) in [6.45, 7) is 4.53. The molecule has 1 atom stereocenters. The second kappa shape index (κ2) is 45.1. The van der Waals surface area contributed by atoms with Crippen molar-refractivity contribution in [2.24, 2.45) is 5.41 Å². The number of hydrogen-bond acceptors (Lipinski definition) is 6. The number of carboxylic acids is 2. The summed E-state index contributed by atoms with van der Waals surface area (Å²) < 4.78 is 34.2. The molecular formula is C48H92Li2O7S. The van der Waals surface area contributed by atoms with Crippen molar-refractivity contribution < 1.29 is 70.5 Å². The molecular weight excluding hydrogens is 734 g/mol. The van der Waals surface area contributed by atoms with Crippen LogP contribution in [0.5, 0.6) is 0 Å². The van der Waals surface area contributed by atoms with Gasteiger partial charge < -0.3 is 19.8 Å². The molecule has 0 saturated heterocycles. The Labute approximate surface area is 384 Å². The van der Waals surface area contributed by atoms with E-state index >= 15 is 0 Å². The maximum atomic E-state index is 12.5. The monoisotopic (exact) mass is 827 g/mol. The van der Waals surface area contributed by atoms with Crippen molar-refractivity contribution in [1.29, 1.82) is 0 Å². The van der Waals surface area contributed by atoms with Crippen LogP contribution in [0.4, 0.5) is 0 Å². The molecule has 1 unspecified atom stereocenters. The quantitative estimate of drug-likeness (QED) is 0.0391. The molecule has 0 aliphatic rings. The molecule has 0 aliphatic carbocycles. The number of carbonyl (C=O) groups excluding carboxylic acids is 2. The minimum Gasteiger partial charge on any atom is -0.549 e. The third-order valence-electron chi connectivity index (χ3n) is 12.4. The first kappa shape index (κ1) is 62.3. The summed E-state index contributed by atoms with van der Waals surface area (Å²) in [6, 6.07) is 0. The van der Waals surface area contributed by atoms with Gasteiger partial charge in [0.05, 0.1) is 5.97 Å². The van der Waals surface area contributed by atoms with Gasteiger partial charge in [0.25, 0.3) is 10.1 Å². The zero-order valence-electron chi connectivity index (χ0n) is 39.1. The summed E-state index contributed by atoms with van der Waals surface area (Å²) in [5.41, 5.74) is -2.20. The van der Waals surface area contributed by atoms with Crippen LogP contribution in [-0.2, 0) is 19.7 Å². The van der Waals surface area contributed by atoms with Crippen LogP contribution in [0.1, 0.15) is 284 Å². The molecule has 1 N–H and O–H groups in total. The molecule has 0 fully saturated rings. The Balaban J connectivity index is -0.0000151. The van der Waals surface area contributed by atoms with Gasteiger partial charge in [-0.1, -0.05) is 271 Å². The third kappa shape index (κ3) is 36.7. The minimum atomic E-state index is -5.20. The fourth-order valence-electron chi connectivity index (χ4n) is 8.72. The molecule has 0 rings (SSSR count). The molecule has 0 heterocycles. The van der Waals surface area contributed by atoms with E-state index in [2.05, 4.69) is 13.8 Å². The molecule has 0 aromatic heterocycles. The maximum Gasteiger partial charge on any atom is 1.00 e. The molecule has 0 spiro atoms. The molecule has 0 aromatic carbocycles. The van der Waals surface area contributed by atoms with Gasteiger partial charge in [0.1, 0.15) is 5.25 Å². The third-order valence-corrected chi connectivity index (χ3v) is 13.6. The molecule has 7 nitrogen and oxygen atoms in total. The first-order chi connectivity index (χ1) is 27.1. The van der Waals surface area contributed by atoms with Crippen LogP contribution in [-0.4, -0.2) is 30.2 Å². The Morgan fingerprint density at radius 1 is 0.397 bits per heavy atom. The van der Waals surface area contributed by atoms with Crippen LogP contribution in [0.2, 0.25) is 0 Å². The van der Waals surface area contributed by atoms with E-state index in [1.807, 2.05) is 0 Å². The van der Waals surface area contributed by atoms with Crippen molar-refractivity contribution in [3.63, 3.8) is 0 Å². The molecule has 334 valence electrons. The smallest absolute Gasteiger partial charge is 0.549 e. The van der Waals surface area contributed by atoms with Gasteiger partial charge in [-0.25, -0.2) is 0 Å². The zero-order chi connectivity index (χ0) is 41.4. The largest absolute Gasteiger partial charge is 1.00 e. The first-order valence-electron chi connectivity index (χ1n) is 24.5. The summed E-state index contributed by atoms with van der Waals surface area (Å²) in [4.78, 5) is 24.5. The topological polar surface area (TPSA) is 135 Å². The van der Waals surface area contributed by atoms with Crippen molar-refractivity contribution in [2.75, 3.05) is 0 Å². The molecule has 58 heavy (non-hydrogen) atoms. The number of carboxylic acid groups (broad SMARTS) is 2. The normalized spacial score (nSPS) is 12.3. The van der Waals surface area contributed by atoms with Crippen LogP contribution in [0, 0.1) is 5.41 Å². The molecule has 10 heteroatoms. The van der Waals surface area contributed by atoms with Gasteiger partial charge in [0, 0.05) is 11.4 Å². The van der Waals surface area contributed by atoms with Crippen LogP contribution < -0.4 is 47.9 Å². The van der Waals surface area contributed by atoms with Crippen molar-refractivity contribution in [3.05, 3.63) is 0 Å². The Morgan fingerprint density at radius 2 is 0.569 bits per heavy atom. The number of aliphatic carboxylic acids is 2. The summed E-state index contributed by atoms with van der Waals surface area (Å²) in [7, 11) is -5.20. The number of carbonyl (C=O) groups is 2. The van der Waals surface area contributed by atoms with E-state index < -0.39 is 32.7 Å². The van der Waals surface area contributed by atoms with Crippen LogP contribution >= 0.6 is 0 Å². The van der Waals surface area contributed by atoms with Gasteiger partial charge >= 0.3 is 37.7 Å². The minimum absolute atomic E-state index is 0. The van der Waals surface area contributed by atoms with E-state index in [0.29, 0.717) is 25.7 Å². The van der Waals surface area contributed by atoms with Crippen molar-refractivity contribution in [3.8, 4) is 0 Å². The zero-order valence-corrected chi connectivity index (χ0v) is 39.9. The van der Waals surface area contributed by atoms with Gasteiger partial charge in [-0.15, -0.1) is 0 Å². The summed E-state index contributed by atoms with van der Waals surface area (Å²) in [5, 5.41) is 21.9. The van der Waals surface area contributed by atoms with Crippen LogP contribution in [0.15, 0.2) is 0 Å². The average Bonchev–Trinajstić information content (AvgIpc) is 3.15. The van der Waals surface area contributed by atoms with Gasteiger partial charge in [0.15, 0.2) is 0 Å². The fourth-order valence-corrected chi connectivity index (χ4v) is 9.87. The predicted molar refractivity (Wildman–Crippen MR) is 233 cm³/mol. The van der Waals surface area contributed by atoms with E-state index in [9.17, 15) is 32.8 Å². The number of hydrogen-bond donors (Lipinski definition) is 1. The fraction of sp³-hybridized carbons (Fsp3) is 0.958. The van der Waals surface area contributed by atoms with Crippen molar-refractivity contribution in [1.82, 2.24) is 0 Å².